The Balaban J connectivity index is 2.75. The third kappa shape index (κ3) is 3.89. The summed E-state index contributed by atoms with van der Waals surface area (Å²) >= 11 is 1.62. The van der Waals surface area contributed by atoms with E-state index in [0.717, 1.165) is 5.75 Å². The number of carbonyl (C=O) groups is 1. The summed E-state index contributed by atoms with van der Waals surface area (Å²) in [6.07, 6.45) is 3.37. The van der Waals surface area contributed by atoms with Crippen LogP contribution in [0.25, 0.3) is 0 Å². The summed E-state index contributed by atoms with van der Waals surface area (Å²) in [6.45, 7) is 2.92. The van der Waals surface area contributed by atoms with Crippen LogP contribution < -0.4 is 10.6 Å². The number of amides is 1. The van der Waals surface area contributed by atoms with Crippen LogP contribution in [-0.2, 0) is 0 Å². The second kappa shape index (κ2) is 7.11. The van der Waals surface area contributed by atoms with Gasteiger partial charge in [-0.2, -0.15) is 11.8 Å². The summed E-state index contributed by atoms with van der Waals surface area (Å²) in [5.41, 5.74) is 0.0250. The third-order valence-electron chi connectivity index (χ3n) is 2.07. The zero-order valence-corrected chi connectivity index (χ0v) is 10.7. The van der Waals surface area contributed by atoms with Crippen molar-refractivity contribution in [3.63, 3.8) is 0 Å². The van der Waals surface area contributed by atoms with Gasteiger partial charge in [0.25, 0.3) is 5.91 Å². The molecule has 6 heteroatoms. The van der Waals surface area contributed by atoms with Gasteiger partial charge in [-0.25, -0.2) is 9.37 Å². The summed E-state index contributed by atoms with van der Waals surface area (Å²) in [5, 5.41) is 5.42. The highest BCUT2D eigenvalue weighted by Gasteiger charge is 2.14. The summed E-state index contributed by atoms with van der Waals surface area (Å²) in [5.74, 6) is -0.0856. The van der Waals surface area contributed by atoms with E-state index < -0.39 is 11.7 Å². The van der Waals surface area contributed by atoms with Crippen LogP contribution in [0.2, 0.25) is 0 Å². The minimum atomic E-state index is -0.601. The Hall–Kier alpha value is -1.30. The van der Waals surface area contributed by atoms with Gasteiger partial charge in [0.1, 0.15) is 0 Å². The molecule has 0 fully saturated rings. The van der Waals surface area contributed by atoms with Gasteiger partial charge in [0.05, 0.1) is 5.56 Å². The molecule has 4 nitrogen and oxygen atoms in total. The van der Waals surface area contributed by atoms with E-state index >= 15 is 0 Å². The molecular weight excluding hydrogens is 241 g/mol. The molecule has 0 radical (unpaired) electrons. The SMILES string of the molecule is CCNc1nccc(C(=O)NCCSC)c1F. The number of anilines is 1. The van der Waals surface area contributed by atoms with Crippen molar-refractivity contribution in [3.8, 4) is 0 Å². The molecule has 17 heavy (non-hydrogen) atoms. The van der Waals surface area contributed by atoms with Crippen LogP contribution >= 0.6 is 11.8 Å². The molecule has 0 atom stereocenters. The van der Waals surface area contributed by atoms with E-state index in [1.54, 1.807) is 11.8 Å². The third-order valence-corrected chi connectivity index (χ3v) is 2.68. The minimum absolute atomic E-state index is 0.0250. The van der Waals surface area contributed by atoms with Crippen molar-refractivity contribution in [2.24, 2.45) is 0 Å². The van der Waals surface area contributed by atoms with Gasteiger partial charge in [0.15, 0.2) is 11.6 Å². The standard InChI is InChI=1S/C11H16FN3OS/c1-3-13-10-9(12)8(4-5-14-10)11(16)15-6-7-17-2/h4-5H,3,6-7H2,1-2H3,(H,13,14)(H,15,16). The number of hydrogen-bond donors (Lipinski definition) is 2. The van der Waals surface area contributed by atoms with Gasteiger partial charge >= 0.3 is 0 Å². The molecule has 0 aliphatic heterocycles. The molecule has 2 N–H and O–H groups in total. The Morgan fingerprint density at radius 2 is 2.35 bits per heavy atom. The maximum absolute atomic E-state index is 13.8. The van der Waals surface area contributed by atoms with Gasteiger partial charge in [-0.1, -0.05) is 0 Å². The maximum atomic E-state index is 13.8. The van der Waals surface area contributed by atoms with Gasteiger partial charge < -0.3 is 10.6 Å². The van der Waals surface area contributed by atoms with Gasteiger partial charge in [0, 0.05) is 25.0 Å². The average molecular weight is 257 g/mol. The molecule has 0 aliphatic rings. The highest BCUT2D eigenvalue weighted by molar-refractivity contribution is 7.98. The number of aromatic nitrogens is 1. The Bertz CT molecular complexity index is 387. The fraction of sp³-hybridized carbons (Fsp3) is 0.455. The highest BCUT2D eigenvalue weighted by atomic mass is 32.2. The molecule has 0 unspecified atom stereocenters. The summed E-state index contributed by atoms with van der Waals surface area (Å²) < 4.78 is 13.8. The largest absolute Gasteiger partial charge is 0.368 e. The van der Waals surface area contributed by atoms with Crippen molar-refractivity contribution >= 4 is 23.5 Å². The van der Waals surface area contributed by atoms with E-state index in [1.807, 2.05) is 13.2 Å². The first-order valence-corrected chi connectivity index (χ1v) is 6.75. The van der Waals surface area contributed by atoms with Crippen molar-refractivity contribution < 1.29 is 9.18 Å². The number of nitrogens with one attached hydrogen (secondary N) is 2. The molecule has 0 bridgehead atoms. The zero-order valence-electron chi connectivity index (χ0n) is 9.92. The molecule has 1 aromatic rings. The number of carbonyl (C=O) groups excluding carboxylic acids is 1. The van der Waals surface area contributed by atoms with Crippen LogP contribution in [0, 0.1) is 5.82 Å². The number of thioether (sulfide) groups is 1. The smallest absolute Gasteiger partial charge is 0.254 e. The Morgan fingerprint density at radius 3 is 3.00 bits per heavy atom. The predicted molar refractivity (Wildman–Crippen MR) is 69.1 cm³/mol. The van der Waals surface area contributed by atoms with Gasteiger partial charge in [-0.3, -0.25) is 4.79 Å². The molecule has 1 heterocycles. The number of nitrogens with zero attached hydrogens (tertiary/aromatic N) is 1. The van der Waals surface area contributed by atoms with Gasteiger partial charge in [-0.15, -0.1) is 0 Å². The van der Waals surface area contributed by atoms with E-state index in [9.17, 15) is 9.18 Å². The van der Waals surface area contributed by atoms with Crippen molar-refractivity contribution in [1.29, 1.82) is 0 Å². The van der Waals surface area contributed by atoms with Gasteiger partial charge in [-0.05, 0) is 19.2 Å². The Kier molecular flexibility index (Phi) is 5.76. The second-order valence-electron chi connectivity index (χ2n) is 3.30. The first-order chi connectivity index (χ1) is 8.20. The van der Waals surface area contributed by atoms with Crippen LogP contribution in [-0.4, -0.2) is 36.0 Å². The molecule has 0 spiro atoms. The van der Waals surface area contributed by atoms with Crippen LogP contribution in [0.3, 0.4) is 0 Å². The van der Waals surface area contributed by atoms with Crippen molar-refractivity contribution in [2.45, 2.75) is 6.92 Å². The molecule has 0 aromatic carbocycles. The quantitative estimate of drug-likeness (QED) is 0.762. The lowest BCUT2D eigenvalue weighted by Crippen LogP contribution is -2.27. The van der Waals surface area contributed by atoms with E-state index in [1.165, 1.54) is 12.3 Å². The van der Waals surface area contributed by atoms with Crippen LogP contribution in [0.15, 0.2) is 12.3 Å². The second-order valence-corrected chi connectivity index (χ2v) is 4.29. The molecule has 0 aliphatic carbocycles. The van der Waals surface area contributed by atoms with Crippen molar-refractivity contribution in [2.75, 3.05) is 30.4 Å². The average Bonchev–Trinajstić information content (AvgIpc) is 2.32. The molecule has 0 saturated carbocycles. The van der Waals surface area contributed by atoms with Crippen LogP contribution in [0.1, 0.15) is 17.3 Å². The predicted octanol–water partition coefficient (Wildman–Crippen LogP) is 1.75. The van der Waals surface area contributed by atoms with Crippen LogP contribution in [0.4, 0.5) is 10.2 Å². The first-order valence-electron chi connectivity index (χ1n) is 5.36. The lowest BCUT2D eigenvalue weighted by atomic mass is 10.2. The van der Waals surface area contributed by atoms with E-state index in [2.05, 4.69) is 15.6 Å². The monoisotopic (exact) mass is 257 g/mol. The lowest BCUT2D eigenvalue weighted by Gasteiger charge is -2.08. The van der Waals surface area contributed by atoms with E-state index in [4.69, 9.17) is 0 Å². The molecule has 1 amide bonds. The molecule has 94 valence electrons. The number of rotatable bonds is 6. The Labute approximate surface area is 104 Å². The Morgan fingerprint density at radius 1 is 1.59 bits per heavy atom. The van der Waals surface area contributed by atoms with E-state index in [0.29, 0.717) is 13.1 Å². The highest BCUT2D eigenvalue weighted by Crippen LogP contribution is 2.14. The van der Waals surface area contributed by atoms with Crippen LogP contribution in [0.5, 0.6) is 0 Å². The van der Waals surface area contributed by atoms with Gasteiger partial charge in [0.2, 0.25) is 0 Å². The molecule has 0 saturated heterocycles. The lowest BCUT2D eigenvalue weighted by molar-refractivity contribution is 0.0952. The van der Waals surface area contributed by atoms with Crippen molar-refractivity contribution in [1.82, 2.24) is 10.3 Å². The fourth-order valence-electron chi connectivity index (χ4n) is 1.27. The first kappa shape index (κ1) is 13.8. The normalized spacial score (nSPS) is 10.1. The topological polar surface area (TPSA) is 54.0 Å². The molecular formula is C11H16FN3OS. The number of pyridine rings is 1. The van der Waals surface area contributed by atoms with E-state index in [-0.39, 0.29) is 11.4 Å². The minimum Gasteiger partial charge on any atom is -0.368 e. The number of halogens is 1. The molecule has 1 aromatic heterocycles. The summed E-state index contributed by atoms with van der Waals surface area (Å²) in [4.78, 5) is 15.5. The summed E-state index contributed by atoms with van der Waals surface area (Å²) in [7, 11) is 0. The fourth-order valence-corrected chi connectivity index (χ4v) is 1.58. The zero-order chi connectivity index (χ0) is 12.7. The maximum Gasteiger partial charge on any atom is 0.254 e. The molecule has 1 rings (SSSR count). The van der Waals surface area contributed by atoms with Crippen molar-refractivity contribution in [3.05, 3.63) is 23.6 Å². The summed E-state index contributed by atoms with van der Waals surface area (Å²) in [6, 6.07) is 1.38. The number of hydrogen-bond acceptors (Lipinski definition) is 4.